The lowest BCUT2D eigenvalue weighted by atomic mass is 10.2. The van der Waals surface area contributed by atoms with E-state index < -0.39 is 4.92 Å². The SMILES string of the molecule is O=[N+]([O-])c1cccc2nc(-c3ccccc3)nc(Cl)c12. The lowest BCUT2D eigenvalue weighted by Crippen LogP contribution is -1.95. The Bertz CT molecular complexity index is 806. The lowest BCUT2D eigenvalue weighted by molar-refractivity contribution is -0.383. The Morgan fingerprint density at radius 2 is 1.75 bits per heavy atom. The normalized spacial score (nSPS) is 10.7. The Balaban J connectivity index is 2.29. The van der Waals surface area contributed by atoms with Crippen molar-refractivity contribution in [1.29, 1.82) is 0 Å². The maximum absolute atomic E-state index is 11.0. The van der Waals surface area contributed by atoms with Gasteiger partial charge in [0, 0.05) is 11.6 Å². The Morgan fingerprint density at radius 3 is 2.45 bits per heavy atom. The molecule has 1 aromatic heterocycles. The van der Waals surface area contributed by atoms with Crippen molar-refractivity contribution in [3.63, 3.8) is 0 Å². The summed E-state index contributed by atoms with van der Waals surface area (Å²) in [4.78, 5) is 19.0. The zero-order valence-corrected chi connectivity index (χ0v) is 10.9. The highest BCUT2D eigenvalue weighted by molar-refractivity contribution is 6.35. The number of benzene rings is 2. The summed E-state index contributed by atoms with van der Waals surface area (Å²) in [5, 5.41) is 11.4. The highest BCUT2D eigenvalue weighted by Crippen LogP contribution is 2.31. The fourth-order valence-electron chi connectivity index (χ4n) is 1.99. The van der Waals surface area contributed by atoms with E-state index in [0.29, 0.717) is 11.3 Å². The number of aromatic nitrogens is 2. The van der Waals surface area contributed by atoms with Gasteiger partial charge in [-0.05, 0) is 6.07 Å². The van der Waals surface area contributed by atoms with Crippen LogP contribution >= 0.6 is 11.6 Å². The molecule has 0 fully saturated rings. The molecule has 20 heavy (non-hydrogen) atoms. The number of nitro groups is 1. The van der Waals surface area contributed by atoms with E-state index in [1.54, 1.807) is 12.1 Å². The van der Waals surface area contributed by atoms with Crippen molar-refractivity contribution in [3.05, 3.63) is 63.8 Å². The molecule has 0 aliphatic heterocycles. The standard InChI is InChI=1S/C14H8ClN3O2/c15-13-12-10(7-4-8-11(12)18(19)20)16-14(17-13)9-5-2-1-3-6-9/h1-8H. The van der Waals surface area contributed by atoms with Gasteiger partial charge in [0.2, 0.25) is 0 Å². The highest BCUT2D eigenvalue weighted by Gasteiger charge is 2.17. The number of hydrogen-bond acceptors (Lipinski definition) is 4. The van der Waals surface area contributed by atoms with Gasteiger partial charge in [-0.2, -0.15) is 0 Å². The van der Waals surface area contributed by atoms with Crippen molar-refractivity contribution >= 4 is 28.2 Å². The smallest absolute Gasteiger partial charge is 0.258 e. The van der Waals surface area contributed by atoms with Gasteiger partial charge in [-0.1, -0.05) is 48.0 Å². The van der Waals surface area contributed by atoms with Crippen LogP contribution in [0.15, 0.2) is 48.5 Å². The largest absolute Gasteiger partial charge is 0.281 e. The number of nitrogens with zero attached hydrogens (tertiary/aromatic N) is 3. The topological polar surface area (TPSA) is 68.9 Å². The third kappa shape index (κ3) is 2.08. The molecule has 5 nitrogen and oxygen atoms in total. The predicted molar refractivity (Wildman–Crippen MR) is 76.6 cm³/mol. The molecule has 2 aromatic carbocycles. The maximum atomic E-state index is 11.0. The number of halogens is 1. The molecule has 0 unspecified atom stereocenters. The van der Waals surface area contributed by atoms with Crippen molar-refractivity contribution in [1.82, 2.24) is 9.97 Å². The Kier molecular flexibility index (Phi) is 3.04. The van der Waals surface area contributed by atoms with Crippen LogP contribution in [0.25, 0.3) is 22.3 Å². The fourth-order valence-corrected chi connectivity index (χ4v) is 2.26. The van der Waals surface area contributed by atoms with E-state index >= 15 is 0 Å². The second-order valence-corrected chi connectivity index (χ2v) is 4.49. The monoisotopic (exact) mass is 285 g/mol. The summed E-state index contributed by atoms with van der Waals surface area (Å²) in [6, 6.07) is 14.0. The minimum absolute atomic E-state index is 0.0844. The molecule has 98 valence electrons. The summed E-state index contributed by atoms with van der Waals surface area (Å²) < 4.78 is 0. The third-order valence-corrected chi connectivity index (χ3v) is 3.16. The Hall–Kier alpha value is -2.53. The van der Waals surface area contributed by atoms with Crippen LogP contribution in [0, 0.1) is 10.1 Å². The van der Waals surface area contributed by atoms with Crippen molar-refractivity contribution in [2.75, 3.05) is 0 Å². The summed E-state index contributed by atoms with van der Waals surface area (Å²) in [6.07, 6.45) is 0. The molecular formula is C14H8ClN3O2. The van der Waals surface area contributed by atoms with Gasteiger partial charge in [-0.3, -0.25) is 10.1 Å². The van der Waals surface area contributed by atoms with Crippen molar-refractivity contribution < 1.29 is 4.92 Å². The first-order valence-corrected chi connectivity index (χ1v) is 6.20. The second-order valence-electron chi connectivity index (χ2n) is 4.13. The van der Waals surface area contributed by atoms with E-state index in [1.807, 2.05) is 30.3 Å². The maximum Gasteiger partial charge on any atom is 0.281 e. The number of rotatable bonds is 2. The van der Waals surface area contributed by atoms with Gasteiger partial charge in [0.1, 0.15) is 10.5 Å². The average Bonchev–Trinajstić information content (AvgIpc) is 2.47. The van der Waals surface area contributed by atoms with Crippen LogP contribution in [-0.4, -0.2) is 14.9 Å². The summed E-state index contributed by atoms with van der Waals surface area (Å²) in [7, 11) is 0. The molecule has 0 saturated heterocycles. The van der Waals surface area contributed by atoms with E-state index in [4.69, 9.17) is 11.6 Å². The first kappa shape index (κ1) is 12.5. The molecule has 6 heteroatoms. The molecule has 1 heterocycles. The molecule has 0 aliphatic rings. The number of nitro benzene ring substituents is 1. The number of fused-ring (bicyclic) bond motifs is 1. The van der Waals surface area contributed by atoms with Crippen LogP contribution in [0.2, 0.25) is 5.15 Å². The van der Waals surface area contributed by atoms with Gasteiger partial charge in [0.15, 0.2) is 5.82 Å². The minimum Gasteiger partial charge on any atom is -0.258 e. The van der Waals surface area contributed by atoms with Gasteiger partial charge in [0.05, 0.1) is 10.4 Å². The van der Waals surface area contributed by atoms with Crippen LogP contribution < -0.4 is 0 Å². The summed E-state index contributed by atoms with van der Waals surface area (Å²) in [6.45, 7) is 0. The van der Waals surface area contributed by atoms with Gasteiger partial charge in [-0.15, -0.1) is 0 Å². The van der Waals surface area contributed by atoms with E-state index in [-0.39, 0.29) is 16.2 Å². The average molecular weight is 286 g/mol. The molecular weight excluding hydrogens is 278 g/mol. The van der Waals surface area contributed by atoms with Crippen molar-refractivity contribution in [3.8, 4) is 11.4 Å². The first-order valence-electron chi connectivity index (χ1n) is 5.83. The Labute approximate surface area is 119 Å². The molecule has 0 amide bonds. The molecule has 0 aliphatic carbocycles. The number of non-ortho nitro benzene ring substituents is 1. The summed E-state index contributed by atoms with van der Waals surface area (Å²) in [5.41, 5.74) is 1.17. The van der Waals surface area contributed by atoms with Gasteiger partial charge < -0.3 is 0 Å². The van der Waals surface area contributed by atoms with Gasteiger partial charge in [-0.25, -0.2) is 9.97 Å². The first-order chi connectivity index (χ1) is 9.66. The zero-order chi connectivity index (χ0) is 14.1. The lowest BCUT2D eigenvalue weighted by Gasteiger charge is -2.05. The van der Waals surface area contributed by atoms with Crippen LogP contribution in [0.3, 0.4) is 0 Å². The second kappa shape index (κ2) is 4.86. The van der Waals surface area contributed by atoms with Crippen LogP contribution in [0.1, 0.15) is 0 Å². The molecule has 0 atom stereocenters. The van der Waals surface area contributed by atoms with E-state index in [9.17, 15) is 10.1 Å². The minimum atomic E-state index is -0.486. The van der Waals surface area contributed by atoms with E-state index in [2.05, 4.69) is 9.97 Å². The summed E-state index contributed by atoms with van der Waals surface area (Å²) >= 11 is 6.11. The molecule has 0 spiro atoms. The predicted octanol–water partition coefficient (Wildman–Crippen LogP) is 3.86. The number of hydrogen-bond donors (Lipinski definition) is 0. The van der Waals surface area contributed by atoms with Crippen molar-refractivity contribution in [2.24, 2.45) is 0 Å². The molecule has 0 N–H and O–H groups in total. The third-order valence-electron chi connectivity index (χ3n) is 2.89. The van der Waals surface area contributed by atoms with Crippen LogP contribution in [0.5, 0.6) is 0 Å². The van der Waals surface area contributed by atoms with E-state index in [0.717, 1.165) is 5.56 Å². The summed E-state index contributed by atoms with van der Waals surface area (Å²) in [5.74, 6) is 0.448. The zero-order valence-electron chi connectivity index (χ0n) is 10.2. The van der Waals surface area contributed by atoms with Crippen LogP contribution in [-0.2, 0) is 0 Å². The molecule has 3 aromatic rings. The quantitative estimate of drug-likeness (QED) is 0.407. The van der Waals surface area contributed by atoms with Gasteiger partial charge >= 0.3 is 0 Å². The molecule has 0 bridgehead atoms. The van der Waals surface area contributed by atoms with Crippen molar-refractivity contribution in [2.45, 2.75) is 0 Å². The molecule has 0 radical (unpaired) electrons. The van der Waals surface area contributed by atoms with Crippen LogP contribution in [0.4, 0.5) is 5.69 Å². The highest BCUT2D eigenvalue weighted by atomic mass is 35.5. The Morgan fingerprint density at radius 1 is 1.00 bits per heavy atom. The van der Waals surface area contributed by atoms with Gasteiger partial charge in [0.25, 0.3) is 5.69 Å². The molecule has 0 saturated carbocycles. The fraction of sp³-hybridized carbons (Fsp3) is 0. The molecule has 3 rings (SSSR count). The van der Waals surface area contributed by atoms with E-state index in [1.165, 1.54) is 6.07 Å².